The maximum atomic E-state index is 10.7. The summed E-state index contributed by atoms with van der Waals surface area (Å²) in [7, 11) is 1.66. The molecule has 3 rings (SSSR count). The summed E-state index contributed by atoms with van der Waals surface area (Å²) < 4.78 is 5.26. The van der Waals surface area contributed by atoms with Crippen LogP contribution in [0.2, 0.25) is 0 Å². The molecule has 0 aliphatic carbocycles. The monoisotopic (exact) mass is 284 g/mol. The third-order valence-corrected chi connectivity index (χ3v) is 3.90. The van der Waals surface area contributed by atoms with E-state index in [1.165, 1.54) is 11.1 Å². The third kappa shape index (κ3) is 2.60. The molecular weight excluding hydrogens is 268 g/mol. The van der Waals surface area contributed by atoms with Crippen LogP contribution in [0.5, 0.6) is 5.75 Å². The molecule has 0 fully saturated rings. The van der Waals surface area contributed by atoms with E-state index in [2.05, 4.69) is 11.4 Å². The molecule has 0 spiro atoms. The third-order valence-electron chi connectivity index (χ3n) is 3.90. The van der Waals surface area contributed by atoms with Gasteiger partial charge >= 0.3 is 0 Å². The Kier molecular flexibility index (Phi) is 3.58. The number of benzene rings is 2. The summed E-state index contributed by atoms with van der Waals surface area (Å²) in [5.41, 5.74) is 3.67. The van der Waals surface area contributed by atoms with E-state index in [4.69, 9.17) is 4.74 Å². The molecule has 5 heteroatoms. The van der Waals surface area contributed by atoms with Crippen LogP contribution in [0.25, 0.3) is 0 Å². The summed E-state index contributed by atoms with van der Waals surface area (Å²) in [5, 5.41) is 14.1. The molecule has 5 nitrogen and oxygen atoms in total. The molecule has 1 atom stereocenters. The van der Waals surface area contributed by atoms with Crippen LogP contribution < -0.4 is 10.1 Å². The highest BCUT2D eigenvalue weighted by Crippen LogP contribution is 2.32. The van der Waals surface area contributed by atoms with Crippen molar-refractivity contribution in [3.05, 3.63) is 69.3 Å². The predicted molar refractivity (Wildman–Crippen MR) is 79.6 cm³/mol. The molecule has 1 unspecified atom stereocenters. The number of hydrogen-bond donors (Lipinski definition) is 1. The largest absolute Gasteiger partial charge is 0.497 e. The summed E-state index contributed by atoms with van der Waals surface area (Å²) >= 11 is 0. The van der Waals surface area contributed by atoms with Gasteiger partial charge in [0.2, 0.25) is 0 Å². The van der Waals surface area contributed by atoms with Gasteiger partial charge < -0.3 is 10.1 Å². The van der Waals surface area contributed by atoms with E-state index < -0.39 is 0 Å². The van der Waals surface area contributed by atoms with Gasteiger partial charge in [0.15, 0.2) is 0 Å². The topological polar surface area (TPSA) is 64.4 Å². The number of nitrogens with one attached hydrogen (secondary N) is 1. The van der Waals surface area contributed by atoms with Crippen molar-refractivity contribution >= 4 is 5.69 Å². The maximum Gasteiger partial charge on any atom is 0.269 e. The van der Waals surface area contributed by atoms with Crippen molar-refractivity contribution in [2.24, 2.45) is 0 Å². The molecule has 1 N–H and O–H groups in total. The van der Waals surface area contributed by atoms with Gasteiger partial charge in [-0.2, -0.15) is 0 Å². The number of nitrogens with zero attached hydrogens (tertiary/aromatic N) is 1. The van der Waals surface area contributed by atoms with Crippen LogP contribution in [0.15, 0.2) is 42.5 Å². The molecule has 1 aliphatic rings. The normalized spacial score (nSPS) is 17.1. The fourth-order valence-corrected chi connectivity index (χ4v) is 2.79. The minimum absolute atomic E-state index is 0.123. The summed E-state index contributed by atoms with van der Waals surface area (Å²) in [6.45, 7) is 1.65. The number of nitro benzene ring substituents is 1. The quantitative estimate of drug-likeness (QED) is 0.695. The van der Waals surface area contributed by atoms with E-state index in [0.717, 1.165) is 24.4 Å². The van der Waals surface area contributed by atoms with E-state index in [0.29, 0.717) is 0 Å². The molecular formula is C16H16N2O3. The fourth-order valence-electron chi connectivity index (χ4n) is 2.79. The predicted octanol–water partition coefficient (Wildman–Crippen LogP) is 2.84. The van der Waals surface area contributed by atoms with Crippen molar-refractivity contribution in [1.82, 2.24) is 5.32 Å². The van der Waals surface area contributed by atoms with Gasteiger partial charge in [-0.05, 0) is 28.8 Å². The van der Waals surface area contributed by atoms with Gasteiger partial charge in [-0.15, -0.1) is 0 Å². The van der Waals surface area contributed by atoms with Gasteiger partial charge in [0.1, 0.15) is 5.75 Å². The number of ether oxygens (including phenoxy) is 1. The second-order valence-corrected chi connectivity index (χ2v) is 5.10. The Balaban J connectivity index is 1.96. The summed E-state index contributed by atoms with van der Waals surface area (Å²) in [6.07, 6.45) is 0. The smallest absolute Gasteiger partial charge is 0.269 e. The molecule has 2 aromatic carbocycles. The molecule has 0 bridgehead atoms. The number of nitro groups is 1. The standard InChI is InChI=1S/C16H16N2O3/c1-21-14-6-7-15-12(8-14)9-17-10-16(15)11-2-4-13(5-3-11)18(19)20/h2-8,16-17H,9-10H2,1H3. The van der Waals surface area contributed by atoms with Gasteiger partial charge in [0, 0.05) is 31.1 Å². The van der Waals surface area contributed by atoms with Gasteiger partial charge in [-0.25, -0.2) is 0 Å². The Labute approximate surface area is 122 Å². The van der Waals surface area contributed by atoms with Gasteiger partial charge in [-0.1, -0.05) is 18.2 Å². The maximum absolute atomic E-state index is 10.7. The van der Waals surface area contributed by atoms with Crippen LogP contribution in [-0.2, 0) is 6.54 Å². The molecule has 21 heavy (non-hydrogen) atoms. The Bertz CT molecular complexity index is 668. The Morgan fingerprint density at radius 1 is 1.24 bits per heavy atom. The lowest BCUT2D eigenvalue weighted by Gasteiger charge is -2.27. The Morgan fingerprint density at radius 2 is 2.00 bits per heavy atom. The number of hydrogen-bond acceptors (Lipinski definition) is 4. The van der Waals surface area contributed by atoms with E-state index >= 15 is 0 Å². The molecule has 0 amide bonds. The van der Waals surface area contributed by atoms with E-state index in [1.54, 1.807) is 19.2 Å². The number of fused-ring (bicyclic) bond motifs is 1. The lowest BCUT2D eigenvalue weighted by Crippen LogP contribution is -2.28. The Morgan fingerprint density at radius 3 is 2.67 bits per heavy atom. The molecule has 108 valence electrons. The molecule has 0 saturated heterocycles. The summed E-state index contributed by atoms with van der Waals surface area (Å²) in [4.78, 5) is 10.4. The number of rotatable bonds is 3. The minimum Gasteiger partial charge on any atom is -0.497 e. The van der Waals surface area contributed by atoms with Crippen LogP contribution in [0.4, 0.5) is 5.69 Å². The molecule has 0 radical (unpaired) electrons. The first-order valence-electron chi connectivity index (χ1n) is 6.81. The van der Waals surface area contributed by atoms with Crippen LogP contribution in [0.1, 0.15) is 22.6 Å². The summed E-state index contributed by atoms with van der Waals surface area (Å²) in [6, 6.07) is 12.9. The average molecular weight is 284 g/mol. The molecule has 2 aromatic rings. The van der Waals surface area contributed by atoms with Crippen molar-refractivity contribution in [3.8, 4) is 5.75 Å². The first kappa shape index (κ1) is 13.6. The van der Waals surface area contributed by atoms with Crippen LogP contribution in [-0.4, -0.2) is 18.6 Å². The van der Waals surface area contributed by atoms with Crippen LogP contribution in [0.3, 0.4) is 0 Å². The van der Waals surface area contributed by atoms with Crippen LogP contribution >= 0.6 is 0 Å². The van der Waals surface area contributed by atoms with Crippen molar-refractivity contribution in [1.29, 1.82) is 0 Å². The highest BCUT2D eigenvalue weighted by molar-refractivity contribution is 5.45. The van der Waals surface area contributed by atoms with Crippen molar-refractivity contribution in [2.45, 2.75) is 12.5 Å². The second kappa shape index (κ2) is 5.54. The highest BCUT2D eigenvalue weighted by Gasteiger charge is 2.22. The van der Waals surface area contributed by atoms with Crippen molar-refractivity contribution in [2.75, 3.05) is 13.7 Å². The second-order valence-electron chi connectivity index (χ2n) is 5.10. The Hall–Kier alpha value is -2.40. The zero-order valence-corrected chi connectivity index (χ0v) is 11.7. The fraction of sp³-hybridized carbons (Fsp3) is 0.250. The SMILES string of the molecule is COc1ccc2c(c1)CNCC2c1ccc([N+](=O)[O-])cc1. The molecule has 1 aliphatic heterocycles. The summed E-state index contributed by atoms with van der Waals surface area (Å²) in [5.74, 6) is 1.06. The van der Waals surface area contributed by atoms with E-state index in [-0.39, 0.29) is 16.5 Å². The molecule has 0 saturated carbocycles. The molecule has 1 heterocycles. The number of non-ortho nitro benzene ring substituents is 1. The van der Waals surface area contributed by atoms with Crippen LogP contribution in [0, 0.1) is 10.1 Å². The van der Waals surface area contributed by atoms with Crippen molar-refractivity contribution < 1.29 is 9.66 Å². The minimum atomic E-state index is -0.373. The van der Waals surface area contributed by atoms with E-state index in [9.17, 15) is 10.1 Å². The zero-order chi connectivity index (χ0) is 14.8. The van der Waals surface area contributed by atoms with Crippen molar-refractivity contribution in [3.63, 3.8) is 0 Å². The first-order valence-corrected chi connectivity index (χ1v) is 6.81. The van der Waals surface area contributed by atoms with Gasteiger partial charge in [-0.3, -0.25) is 10.1 Å². The molecule has 0 aromatic heterocycles. The van der Waals surface area contributed by atoms with E-state index in [1.807, 2.05) is 24.3 Å². The lowest BCUT2D eigenvalue weighted by atomic mass is 9.85. The van der Waals surface area contributed by atoms with Gasteiger partial charge in [0.05, 0.1) is 12.0 Å². The zero-order valence-electron chi connectivity index (χ0n) is 11.7. The first-order chi connectivity index (χ1) is 10.2. The number of methoxy groups -OCH3 is 1. The lowest BCUT2D eigenvalue weighted by molar-refractivity contribution is -0.384. The van der Waals surface area contributed by atoms with Gasteiger partial charge in [0.25, 0.3) is 5.69 Å². The highest BCUT2D eigenvalue weighted by atomic mass is 16.6. The average Bonchev–Trinajstić information content (AvgIpc) is 2.53.